The summed E-state index contributed by atoms with van der Waals surface area (Å²) in [5.41, 5.74) is 0. The van der Waals surface area contributed by atoms with Gasteiger partial charge < -0.3 is 5.11 Å². The summed E-state index contributed by atoms with van der Waals surface area (Å²) >= 11 is 0. The topological polar surface area (TPSA) is 77.8 Å². The summed E-state index contributed by atoms with van der Waals surface area (Å²) < 4.78 is 0. The zero-order valence-corrected chi connectivity index (χ0v) is 12.6. The van der Waals surface area contributed by atoms with E-state index < -0.39 is 5.97 Å². The van der Waals surface area contributed by atoms with Crippen molar-refractivity contribution in [3.05, 3.63) is 0 Å². The highest BCUT2D eigenvalue weighted by molar-refractivity contribution is 5.74. The van der Waals surface area contributed by atoms with Gasteiger partial charge in [0.1, 0.15) is 0 Å². The van der Waals surface area contributed by atoms with Crippen molar-refractivity contribution in [2.45, 2.75) is 77.6 Å². The lowest BCUT2D eigenvalue weighted by Crippen LogP contribution is -2.28. The van der Waals surface area contributed by atoms with Gasteiger partial charge in [0.2, 0.25) is 5.91 Å². The summed E-state index contributed by atoms with van der Waals surface area (Å²) in [4.78, 5) is 21.8. The smallest absolute Gasteiger partial charge is 0.303 e. The van der Waals surface area contributed by atoms with Gasteiger partial charge in [0.05, 0.1) is 0 Å². The Morgan fingerprint density at radius 3 is 1.95 bits per heavy atom. The van der Waals surface area contributed by atoms with Crippen LogP contribution in [0.4, 0.5) is 0 Å². The summed E-state index contributed by atoms with van der Waals surface area (Å²) in [5, 5.41) is 18.5. The van der Waals surface area contributed by atoms with Crippen molar-refractivity contribution in [3.8, 4) is 0 Å². The SMILES string of the molecule is CCCCCCCCCCC(=O)N(O)CCCC(=O)O. The van der Waals surface area contributed by atoms with Crippen LogP contribution in [0.3, 0.4) is 0 Å². The first-order chi connectivity index (χ1) is 9.57. The van der Waals surface area contributed by atoms with Crippen LogP contribution in [-0.2, 0) is 9.59 Å². The molecule has 0 unspecified atom stereocenters. The summed E-state index contributed by atoms with van der Waals surface area (Å²) in [7, 11) is 0. The summed E-state index contributed by atoms with van der Waals surface area (Å²) in [6.07, 6.45) is 9.89. The van der Waals surface area contributed by atoms with E-state index >= 15 is 0 Å². The minimum absolute atomic E-state index is 0.0257. The molecule has 0 aliphatic carbocycles. The molecule has 0 aromatic heterocycles. The fourth-order valence-corrected chi connectivity index (χ4v) is 2.04. The molecule has 0 atom stereocenters. The van der Waals surface area contributed by atoms with Gasteiger partial charge in [-0.25, -0.2) is 5.06 Å². The third-order valence-electron chi connectivity index (χ3n) is 3.29. The minimum Gasteiger partial charge on any atom is -0.481 e. The maximum absolute atomic E-state index is 11.5. The van der Waals surface area contributed by atoms with Gasteiger partial charge in [-0.1, -0.05) is 51.9 Å². The van der Waals surface area contributed by atoms with Crippen LogP contribution in [-0.4, -0.2) is 33.8 Å². The van der Waals surface area contributed by atoms with Crippen LogP contribution in [0, 0.1) is 0 Å². The van der Waals surface area contributed by atoms with Gasteiger partial charge in [0.15, 0.2) is 0 Å². The zero-order chi connectivity index (χ0) is 15.2. The Labute approximate surface area is 121 Å². The molecule has 0 aliphatic heterocycles. The standard InChI is InChI=1S/C15H29NO4/c1-2-3-4-5-6-7-8-9-11-14(17)16(20)13-10-12-15(18)19/h20H,2-13H2,1H3,(H,18,19). The number of aliphatic carboxylic acids is 1. The first-order valence-electron chi connectivity index (χ1n) is 7.79. The Morgan fingerprint density at radius 1 is 0.850 bits per heavy atom. The molecule has 0 rings (SSSR count). The fraction of sp³-hybridized carbons (Fsp3) is 0.867. The first kappa shape index (κ1) is 18.9. The van der Waals surface area contributed by atoms with Crippen LogP contribution in [0.25, 0.3) is 0 Å². The molecule has 20 heavy (non-hydrogen) atoms. The number of carbonyl (C=O) groups excluding carboxylic acids is 1. The largest absolute Gasteiger partial charge is 0.481 e. The number of hydrogen-bond donors (Lipinski definition) is 2. The number of unbranched alkanes of at least 4 members (excludes halogenated alkanes) is 7. The van der Waals surface area contributed by atoms with Crippen molar-refractivity contribution in [2.24, 2.45) is 0 Å². The monoisotopic (exact) mass is 287 g/mol. The summed E-state index contributed by atoms with van der Waals surface area (Å²) in [6, 6.07) is 0. The molecule has 0 spiro atoms. The molecule has 5 heteroatoms. The van der Waals surface area contributed by atoms with E-state index in [1.165, 1.54) is 32.1 Å². The average Bonchev–Trinajstić information content (AvgIpc) is 2.41. The van der Waals surface area contributed by atoms with E-state index in [1.807, 2.05) is 0 Å². The number of amides is 1. The van der Waals surface area contributed by atoms with E-state index in [2.05, 4.69) is 6.92 Å². The Balaban J connectivity index is 3.40. The second-order valence-electron chi connectivity index (χ2n) is 5.24. The van der Waals surface area contributed by atoms with E-state index in [0.717, 1.165) is 19.3 Å². The van der Waals surface area contributed by atoms with Crippen molar-refractivity contribution in [3.63, 3.8) is 0 Å². The zero-order valence-electron chi connectivity index (χ0n) is 12.6. The number of carbonyl (C=O) groups is 2. The Morgan fingerprint density at radius 2 is 1.40 bits per heavy atom. The van der Waals surface area contributed by atoms with Crippen molar-refractivity contribution < 1.29 is 19.9 Å². The van der Waals surface area contributed by atoms with E-state index in [9.17, 15) is 14.8 Å². The molecule has 0 aromatic carbocycles. The lowest BCUT2D eigenvalue weighted by Gasteiger charge is -2.14. The first-order valence-corrected chi connectivity index (χ1v) is 7.79. The molecule has 0 fully saturated rings. The van der Waals surface area contributed by atoms with Crippen molar-refractivity contribution in [1.82, 2.24) is 5.06 Å². The third kappa shape index (κ3) is 12.0. The molecule has 0 aromatic rings. The van der Waals surface area contributed by atoms with Crippen LogP contribution >= 0.6 is 0 Å². The number of nitrogens with zero attached hydrogens (tertiary/aromatic N) is 1. The number of carboxylic acids is 1. The quantitative estimate of drug-likeness (QED) is 0.308. The number of rotatable bonds is 13. The maximum atomic E-state index is 11.5. The minimum atomic E-state index is -0.908. The molecule has 118 valence electrons. The fourth-order valence-electron chi connectivity index (χ4n) is 2.04. The normalized spacial score (nSPS) is 10.5. The Bertz CT molecular complexity index is 269. The molecular formula is C15H29NO4. The lowest BCUT2D eigenvalue weighted by molar-refractivity contribution is -0.166. The van der Waals surface area contributed by atoms with Gasteiger partial charge >= 0.3 is 5.97 Å². The van der Waals surface area contributed by atoms with Crippen LogP contribution < -0.4 is 0 Å². The Kier molecular flexibility index (Phi) is 12.2. The van der Waals surface area contributed by atoms with E-state index in [4.69, 9.17) is 5.11 Å². The highest BCUT2D eigenvalue weighted by atomic mass is 16.5. The lowest BCUT2D eigenvalue weighted by atomic mass is 10.1. The van der Waals surface area contributed by atoms with Gasteiger partial charge in [-0.05, 0) is 12.8 Å². The van der Waals surface area contributed by atoms with Crippen molar-refractivity contribution in [2.75, 3.05) is 6.54 Å². The maximum Gasteiger partial charge on any atom is 0.303 e. The van der Waals surface area contributed by atoms with Gasteiger partial charge in [0.25, 0.3) is 0 Å². The van der Waals surface area contributed by atoms with E-state index in [-0.39, 0.29) is 25.3 Å². The summed E-state index contributed by atoms with van der Waals surface area (Å²) in [6.45, 7) is 2.30. The predicted molar refractivity (Wildman–Crippen MR) is 77.6 cm³/mol. The van der Waals surface area contributed by atoms with E-state index in [1.54, 1.807) is 0 Å². The molecule has 0 saturated carbocycles. The van der Waals surface area contributed by atoms with Gasteiger partial charge in [-0.3, -0.25) is 14.8 Å². The molecule has 0 bridgehead atoms. The second kappa shape index (κ2) is 12.9. The number of hydroxylamine groups is 2. The van der Waals surface area contributed by atoms with Crippen LogP contribution in [0.5, 0.6) is 0 Å². The third-order valence-corrected chi connectivity index (χ3v) is 3.29. The molecule has 0 radical (unpaired) electrons. The van der Waals surface area contributed by atoms with Gasteiger partial charge in [-0.15, -0.1) is 0 Å². The molecule has 5 nitrogen and oxygen atoms in total. The van der Waals surface area contributed by atoms with Crippen molar-refractivity contribution >= 4 is 11.9 Å². The number of carboxylic acid groups (broad SMARTS) is 1. The van der Waals surface area contributed by atoms with Crippen molar-refractivity contribution in [1.29, 1.82) is 0 Å². The van der Waals surface area contributed by atoms with Gasteiger partial charge in [0, 0.05) is 19.4 Å². The predicted octanol–water partition coefficient (Wildman–Crippen LogP) is 3.60. The summed E-state index contributed by atoms with van der Waals surface area (Å²) in [5.74, 6) is -1.21. The van der Waals surface area contributed by atoms with Gasteiger partial charge in [-0.2, -0.15) is 0 Å². The number of hydrogen-bond acceptors (Lipinski definition) is 3. The van der Waals surface area contributed by atoms with Crippen LogP contribution in [0.15, 0.2) is 0 Å². The molecule has 2 N–H and O–H groups in total. The Hall–Kier alpha value is -1.10. The molecular weight excluding hydrogens is 258 g/mol. The highest BCUT2D eigenvalue weighted by Gasteiger charge is 2.10. The highest BCUT2D eigenvalue weighted by Crippen LogP contribution is 2.10. The van der Waals surface area contributed by atoms with Crippen LogP contribution in [0.2, 0.25) is 0 Å². The molecule has 0 saturated heterocycles. The molecule has 0 heterocycles. The van der Waals surface area contributed by atoms with E-state index in [0.29, 0.717) is 11.5 Å². The second-order valence-corrected chi connectivity index (χ2v) is 5.24. The molecule has 1 amide bonds. The van der Waals surface area contributed by atoms with Crippen LogP contribution in [0.1, 0.15) is 77.6 Å². The molecule has 0 aliphatic rings. The average molecular weight is 287 g/mol.